The van der Waals surface area contributed by atoms with Crippen LogP contribution in [0.3, 0.4) is 0 Å². The molecule has 0 aliphatic heterocycles. The minimum atomic E-state index is -0.410. The molecule has 0 saturated carbocycles. The zero-order valence-electron chi connectivity index (χ0n) is 18.1. The third-order valence-electron chi connectivity index (χ3n) is 5.11. The molecule has 1 unspecified atom stereocenters. The van der Waals surface area contributed by atoms with Crippen LogP contribution in [0.4, 0.5) is 5.69 Å². The Labute approximate surface area is 181 Å². The Morgan fingerprint density at radius 3 is 2.35 bits per heavy atom. The van der Waals surface area contributed by atoms with Gasteiger partial charge in [-0.15, -0.1) is 0 Å². The van der Waals surface area contributed by atoms with Crippen molar-refractivity contribution in [1.82, 2.24) is 15.1 Å². The van der Waals surface area contributed by atoms with Gasteiger partial charge in [0.05, 0.1) is 24.1 Å². The van der Waals surface area contributed by atoms with Crippen LogP contribution in [-0.2, 0) is 6.54 Å². The molecule has 1 aromatic heterocycles. The molecule has 1 amide bonds. The van der Waals surface area contributed by atoms with Gasteiger partial charge >= 0.3 is 5.69 Å². The first kappa shape index (κ1) is 22.0. The van der Waals surface area contributed by atoms with Gasteiger partial charge in [0.2, 0.25) is 0 Å². The third kappa shape index (κ3) is 5.09. The summed E-state index contributed by atoms with van der Waals surface area (Å²) >= 11 is 0. The molecule has 0 bridgehead atoms. The summed E-state index contributed by atoms with van der Waals surface area (Å²) in [6.07, 6.45) is 0. The Hall–Kier alpha value is -3.68. The van der Waals surface area contributed by atoms with E-state index in [-0.39, 0.29) is 17.6 Å². The largest absolute Gasteiger partial charge is 0.494 e. The van der Waals surface area contributed by atoms with Crippen LogP contribution >= 0.6 is 0 Å². The SMILES string of the molecule is CCOc1ccc(C(C)NC(=O)c2ccc(Cn3nc(C)c([N+](=O)[O-])c3C)cc2)cc1. The number of aryl methyl sites for hydroxylation is 1. The summed E-state index contributed by atoms with van der Waals surface area (Å²) in [5.41, 5.74) is 3.37. The van der Waals surface area contributed by atoms with Crippen molar-refractivity contribution in [2.45, 2.75) is 40.3 Å². The lowest BCUT2D eigenvalue weighted by Crippen LogP contribution is -2.26. The van der Waals surface area contributed by atoms with Crippen molar-refractivity contribution >= 4 is 11.6 Å². The van der Waals surface area contributed by atoms with E-state index < -0.39 is 4.92 Å². The number of rotatable bonds is 8. The van der Waals surface area contributed by atoms with Crippen molar-refractivity contribution in [3.63, 3.8) is 0 Å². The second-order valence-electron chi connectivity index (χ2n) is 7.33. The normalized spacial score (nSPS) is 11.7. The zero-order chi connectivity index (χ0) is 22.5. The van der Waals surface area contributed by atoms with Gasteiger partial charge in [-0.2, -0.15) is 5.10 Å². The standard InChI is InChI=1S/C23H26N4O4/c1-5-31-21-12-10-19(11-13-21)15(2)24-23(28)20-8-6-18(7-9-20)14-26-17(4)22(27(29)30)16(3)25-26/h6-13,15H,5,14H2,1-4H3,(H,24,28). The Morgan fingerprint density at radius 1 is 1.16 bits per heavy atom. The Bertz CT molecular complexity index is 1070. The maximum absolute atomic E-state index is 12.6. The summed E-state index contributed by atoms with van der Waals surface area (Å²) in [6, 6.07) is 14.7. The van der Waals surface area contributed by atoms with E-state index in [4.69, 9.17) is 4.74 Å². The van der Waals surface area contributed by atoms with Gasteiger partial charge in [-0.3, -0.25) is 19.6 Å². The van der Waals surface area contributed by atoms with E-state index in [0.717, 1.165) is 16.9 Å². The summed E-state index contributed by atoms with van der Waals surface area (Å²) < 4.78 is 7.05. The van der Waals surface area contributed by atoms with Gasteiger partial charge in [0, 0.05) is 5.56 Å². The van der Waals surface area contributed by atoms with E-state index in [1.54, 1.807) is 30.7 Å². The number of hydrogen-bond acceptors (Lipinski definition) is 5. The van der Waals surface area contributed by atoms with Crippen LogP contribution in [0.15, 0.2) is 48.5 Å². The molecule has 0 radical (unpaired) electrons. The lowest BCUT2D eigenvalue weighted by molar-refractivity contribution is -0.386. The number of carbonyl (C=O) groups excluding carboxylic acids is 1. The number of benzene rings is 2. The fourth-order valence-electron chi connectivity index (χ4n) is 3.42. The highest BCUT2D eigenvalue weighted by Gasteiger charge is 2.21. The summed E-state index contributed by atoms with van der Waals surface area (Å²) in [4.78, 5) is 23.4. The van der Waals surface area contributed by atoms with Gasteiger partial charge in [-0.05, 0) is 63.1 Å². The predicted octanol–water partition coefficient (Wildman–Crippen LogP) is 4.35. The second kappa shape index (κ2) is 9.42. The number of hydrogen-bond donors (Lipinski definition) is 1. The van der Waals surface area contributed by atoms with Crippen molar-refractivity contribution in [2.75, 3.05) is 6.61 Å². The van der Waals surface area contributed by atoms with Crippen LogP contribution in [-0.4, -0.2) is 27.2 Å². The number of amides is 1. The lowest BCUT2D eigenvalue weighted by atomic mass is 10.1. The average molecular weight is 422 g/mol. The molecule has 0 spiro atoms. The summed E-state index contributed by atoms with van der Waals surface area (Å²) in [5.74, 6) is 0.628. The Morgan fingerprint density at radius 2 is 1.81 bits per heavy atom. The quantitative estimate of drug-likeness (QED) is 0.430. The molecule has 8 heteroatoms. The van der Waals surface area contributed by atoms with Crippen molar-refractivity contribution in [2.24, 2.45) is 0 Å². The fourth-order valence-corrected chi connectivity index (χ4v) is 3.42. The molecule has 0 aliphatic carbocycles. The second-order valence-corrected chi connectivity index (χ2v) is 7.33. The molecule has 0 saturated heterocycles. The first-order valence-corrected chi connectivity index (χ1v) is 10.1. The number of nitrogens with one attached hydrogen (secondary N) is 1. The highest BCUT2D eigenvalue weighted by atomic mass is 16.6. The number of ether oxygens (including phenoxy) is 1. The molecule has 31 heavy (non-hydrogen) atoms. The van der Waals surface area contributed by atoms with Gasteiger partial charge in [0.1, 0.15) is 17.1 Å². The maximum atomic E-state index is 12.6. The van der Waals surface area contributed by atoms with Crippen molar-refractivity contribution in [3.05, 3.63) is 86.7 Å². The molecule has 0 fully saturated rings. The molecule has 1 heterocycles. The topological polar surface area (TPSA) is 99.3 Å². The van der Waals surface area contributed by atoms with Gasteiger partial charge in [0.15, 0.2) is 0 Å². The van der Waals surface area contributed by atoms with Crippen LogP contribution in [0.1, 0.15) is 52.8 Å². The minimum Gasteiger partial charge on any atom is -0.494 e. The zero-order valence-corrected chi connectivity index (χ0v) is 18.1. The Kier molecular flexibility index (Phi) is 6.69. The van der Waals surface area contributed by atoms with Gasteiger partial charge < -0.3 is 10.1 Å². The molecule has 1 N–H and O–H groups in total. The lowest BCUT2D eigenvalue weighted by Gasteiger charge is -2.15. The number of nitrogens with zero attached hydrogens (tertiary/aromatic N) is 3. The van der Waals surface area contributed by atoms with Crippen LogP contribution in [0, 0.1) is 24.0 Å². The molecule has 8 nitrogen and oxygen atoms in total. The van der Waals surface area contributed by atoms with E-state index >= 15 is 0 Å². The van der Waals surface area contributed by atoms with E-state index in [1.807, 2.05) is 50.2 Å². The highest BCUT2D eigenvalue weighted by molar-refractivity contribution is 5.94. The van der Waals surface area contributed by atoms with Gasteiger partial charge in [-0.25, -0.2) is 0 Å². The number of aromatic nitrogens is 2. The fraction of sp³-hybridized carbons (Fsp3) is 0.304. The number of carbonyl (C=O) groups is 1. The molecule has 3 rings (SSSR count). The average Bonchev–Trinajstić information content (AvgIpc) is 3.02. The third-order valence-corrected chi connectivity index (χ3v) is 5.11. The molecule has 162 valence electrons. The molecule has 0 aliphatic rings. The monoisotopic (exact) mass is 422 g/mol. The van der Waals surface area contributed by atoms with Gasteiger partial charge in [0.25, 0.3) is 5.91 Å². The molecule has 2 aromatic carbocycles. The van der Waals surface area contributed by atoms with Crippen molar-refractivity contribution < 1.29 is 14.5 Å². The van der Waals surface area contributed by atoms with Crippen LogP contribution in [0.2, 0.25) is 0 Å². The van der Waals surface area contributed by atoms with E-state index in [0.29, 0.717) is 30.1 Å². The summed E-state index contributed by atoms with van der Waals surface area (Å²) in [6.45, 7) is 8.17. The van der Waals surface area contributed by atoms with E-state index in [9.17, 15) is 14.9 Å². The first-order chi connectivity index (χ1) is 14.8. The highest BCUT2D eigenvalue weighted by Crippen LogP contribution is 2.23. The number of nitro groups is 1. The maximum Gasteiger partial charge on any atom is 0.312 e. The van der Waals surface area contributed by atoms with Crippen LogP contribution < -0.4 is 10.1 Å². The summed E-state index contributed by atoms with van der Waals surface area (Å²) in [5, 5.41) is 18.4. The van der Waals surface area contributed by atoms with E-state index in [1.165, 1.54) is 0 Å². The molecule has 1 atom stereocenters. The summed E-state index contributed by atoms with van der Waals surface area (Å²) in [7, 11) is 0. The van der Waals surface area contributed by atoms with Crippen molar-refractivity contribution in [3.8, 4) is 5.75 Å². The smallest absolute Gasteiger partial charge is 0.312 e. The predicted molar refractivity (Wildman–Crippen MR) is 117 cm³/mol. The first-order valence-electron chi connectivity index (χ1n) is 10.1. The van der Waals surface area contributed by atoms with E-state index in [2.05, 4.69) is 10.4 Å². The van der Waals surface area contributed by atoms with Gasteiger partial charge in [-0.1, -0.05) is 24.3 Å². The molecule has 3 aromatic rings. The molecular formula is C23H26N4O4. The Balaban J connectivity index is 1.65. The molecular weight excluding hydrogens is 396 g/mol. The van der Waals surface area contributed by atoms with Crippen LogP contribution in [0.25, 0.3) is 0 Å². The van der Waals surface area contributed by atoms with Crippen molar-refractivity contribution in [1.29, 1.82) is 0 Å². The van der Waals surface area contributed by atoms with Crippen LogP contribution in [0.5, 0.6) is 5.75 Å². The minimum absolute atomic E-state index is 0.0410.